The molecule has 1 aromatic carbocycles. The van der Waals surface area contributed by atoms with Gasteiger partial charge >= 0.3 is 0 Å². The van der Waals surface area contributed by atoms with Crippen LogP contribution >= 0.6 is 11.6 Å². The van der Waals surface area contributed by atoms with Gasteiger partial charge in [0.05, 0.1) is 10.7 Å². The lowest BCUT2D eigenvalue weighted by molar-refractivity contribution is -0.121. The van der Waals surface area contributed by atoms with Gasteiger partial charge in [-0.1, -0.05) is 36.2 Å². The Morgan fingerprint density at radius 2 is 1.97 bits per heavy atom. The van der Waals surface area contributed by atoms with Crippen LogP contribution in [0.1, 0.15) is 42.9 Å². The average molecular weight is 429 g/mol. The monoisotopic (exact) mass is 428 g/mol. The number of likely N-dealkylation sites (tertiary alicyclic amines) is 1. The summed E-state index contributed by atoms with van der Waals surface area (Å²) in [7, 11) is 0. The van der Waals surface area contributed by atoms with E-state index in [4.69, 9.17) is 11.6 Å². The molecule has 1 saturated heterocycles. The van der Waals surface area contributed by atoms with E-state index in [0.29, 0.717) is 22.8 Å². The molecule has 1 fully saturated rings. The van der Waals surface area contributed by atoms with E-state index in [-0.39, 0.29) is 18.1 Å². The molecule has 1 aliphatic heterocycles. The first kappa shape index (κ1) is 20.8. The fourth-order valence-electron chi connectivity index (χ4n) is 4.16. The zero-order chi connectivity index (χ0) is 20.9. The third kappa shape index (κ3) is 4.82. The van der Waals surface area contributed by atoms with Crippen LogP contribution in [0.3, 0.4) is 0 Å². The standard InChI is InChI=1S/C23H26ClFN4O/c24-17-8-9-22-27-15-21(29(22)16-17)19(18-6-2-3-7-20(18)25)14-23(30)26-10-13-28-11-4-1-5-12-28/h2-3,6-9,15-16,19H,1,4-5,10-14H2,(H,26,30). The highest BCUT2D eigenvalue weighted by molar-refractivity contribution is 6.30. The van der Waals surface area contributed by atoms with Crippen LogP contribution < -0.4 is 5.32 Å². The Kier molecular flexibility index (Phi) is 6.65. The first-order valence-electron chi connectivity index (χ1n) is 10.5. The Labute approximate surface area is 180 Å². The number of rotatable bonds is 7. The van der Waals surface area contributed by atoms with Gasteiger partial charge in [-0.15, -0.1) is 0 Å². The van der Waals surface area contributed by atoms with E-state index < -0.39 is 5.92 Å². The van der Waals surface area contributed by atoms with Crippen LogP contribution in [-0.2, 0) is 4.79 Å². The predicted octanol–water partition coefficient (Wildman–Crippen LogP) is 4.25. The lowest BCUT2D eigenvalue weighted by atomic mass is 9.92. The van der Waals surface area contributed by atoms with Gasteiger partial charge in [-0.3, -0.25) is 4.79 Å². The molecule has 1 aliphatic rings. The van der Waals surface area contributed by atoms with Crippen molar-refractivity contribution in [1.29, 1.82) is 0 Å². The van der Waals surface area contributed by atoms with Crippen molar-refractivity contribution in [2.24, 2.45) is 0 Å². The van der Waals surface area contributed by atoms with Crippen molar-refractivity contribution in [3.8, 4) is 0 Å². The molecule has 7 heteroatoms. The number of carbonyl (C=O) groups excluding carboxylic acids is 1. The lowest BCUT2D eigenvalue weighted by Crippen LogP contribution is -2.38. The molecule has 1 N–H and O–H groups in total. The summed E-state index contributed by atoms with van der Waals surface area (Å²) in [5, 5.41) is 3.57. The fraction of sp³-hybridized carbons (Fsp3) is 0.391. The Morgan fingerprint density at radius 1 is 1.17 bits per heavy atom. The minimum Gasteiger partial charge on any atom is -0.355 e. The fourth-order valence-corrected chi connectivity index (χ4v) is 4.32. The molecule has 2 aromatic heterocycles. The largest absolute Gasteiger partial charge is 0.355 e. The summed E-state index contributed by atoms with van der Waals surface area (Å²) >= 11 is 6.17. The van der Waals surface area contributed by atoms with Crippen molar-refractivity contribution in [3.05, 3.63) is 70.9 Å². The van der Waals surface area contributed by atoms with Gasteiger partial charge in [0.25, 0.3) is 0 Å². The third-order valence-electron chi connectivity index (χ3n) is 5.72. The van der Waals surface area contributed by atoms with Crippen molar-refractivity contribution < 1.29 is 9.18 Å². The highest BCUT2D eigenvalue weighted by Crippen LogP contribution is 2.31. The number of pyridine rings is 1. The number of fused-ring (bicyclic) bond motifs is 1. The Balaban J connectivity index is 1.53. The second-order valence-electron chi connectivity index (χ2n) is 7.79. The molecule has 0 bridgehead atoms. The van der Waals surface area contributed by atoms with Crippen molar-refractivity contribution in [1.82, 2.24) is 19.6 Å². The van der Waals surface area contributed by atoms with Crippen molar-refractivity contribution in [2.75, 3.05) is 26.2 Å². The van der Waals surface area contributed by atoms with Crippen molar-refractivity contribution in [2.45, 2.75) is 31.6 Å². The maximum atomic E-state index is 14.7. The van der Waals surface area contributed by atoms with E-state index in [1.54, 1.807) is 36.7 Å². The van der Waals surface area contributed by atoms with Crippen LogP contribution in [-0.4, -0.2) is 46.4 Å². The summed E-state index contributed by atoms with van der Waals surface area (Å²) in [5.41, 5.74) is 1.93. The van der Waals surface area contributed by atoms with E-state index in [1.165, 1.54) is 25.3 Å². The van der Waals surface area contributed by atoms with Gasteiger partial charge in [0.15, 0.2) is 0 Å². The molecule has 158 valence electrons. The third-order valence-corrected chi connectivity index (χ3v) is 5.95. The number of aromatic nitrogens is 2. The number of amides is 1. The van der Waals surface area contributed by atoms with Gasteiger partial charge in [0.1, 0.15) is 11.5 Å². The number of carbonyl (C=O) groups is 1. The van der Waals surface area contributed by atoms with Crippen LogP contribution in [0.5, 0.6) is 0 Å². The molecule has 1 atom stereocenters. The molecule has 4 rings (SSSR count). The lowest BCUT2D eigenvalue weighted by Gasteiger charge is -2.26. The highest BCUT2D eigenvalue weighted by Gasteiger charge is 2.24. The Bertz CT molecular complexity index is 1020. The maximum absolute atomic E-state index is 14.7. The van der Waals surface area contributed by atoms with Crippen LogP contribution in [0.15, 0.2) is 48.8 Å². The highest BCUT2D eigenvalue weighted by atomic mass is 35.5. The topological polar surface area (TPSA) is 49.6 Å². The maximum Gasteiger partial charge on any atom is 0.221 e. The summed E-state index contributed by atoms with van der Waals surface area (Å²) < 4.78 is 16.5. The summed E-state index contributed by atoms with van der Waals surface area (Å²) in [6.45, 7) is 3.63. The number of nitrogens with one attached hydrogen (secondary N) is 1. The molecule has 3 aromatic rings. The second-order valence-corrected chi connectivity index (χ2v) is 8.23. The number of nitrogens with zero attached hydrogens (tertiary/aromatic N) is 3. The summed E-state index contributed by atoms with van der Waals surface area (Å²) in [4.78, 5) is 19.6. The molecular formula is C23H26ClFN4O. The zero-order valence-electron chi connectivity index (χ0n) is 16.9. The number of halogens is 2. The molecule has 0 aliphatic carbocycles. The second kappa shape index (κ2) is 9.58. The van der Waals surface area contributed by atoms with E-state index in [9.17, 15) is 9.18 Å². The SMILES string of the molecule is O=C(CC(c1ccccc1F)c1cnc2ccc(Cl)cn12)NCCN1CCCCC1. The molecule has 5 nitrogen and oxygen atoms in total. The van der Waals surface area contributed by atoms with Crippen LogP contribution in [0.4, 0.5) is 4.39 Å². The van der Waals surface area contributed by atoms with E-state index in [0.717, 1.165) is 25.3 Å². The van der Waals surface area contributed by atoms with Gasteiger partial charge < -0.3 is 14.6 Å². The van der Waals surface area contributed by atoms with Crippen LogP contribution in [0.2, 0.25) is 5.02 Å². The van der Waals surface area contributed by atoms with Crippen molar-refractivity contribution >= 4 is 23.2 Å². The smallest absolute Gasteiger partial charge is 0.221 e. The molecule has 1 unspecified atom stereocenters. The van der Waals surface area contributed by atoms with E-state index >= 15 is 0 Å². The normalized spacial score (nSPS) is 15.9. The van der Waals surface area contributed by atoms with Crippen LogP contribution in [0.25, 0.3) is 5.65 Å². The zero-order valence-corrected chi connectivity index (χ0v) is 17.6. The molecule has 0 spiro atoms. The number of imidazole rings is 1. The van der Waals surface area contributed by atoms with Crippen LogP contribution in [0, 0.1) is 5.82 Å². The summed E-state index contributed by atoms with van der Waals surface area (Å²) in [6, 6.07) is 10.2. The molecule has 3 heterocycles. The van der Waals surface area contributed by atoms with E-state index in [2.05, 4.69) is 15.2 Å². The first-order valence-corrected chi connectivity index (χ1v) is 10.9. The number of benzene rings is 1. The predicted molar refractivity (Wildman–Crippen MR) is 116 cm³/mol. The van der Waals surface area contributed by atoms with E-state index in [1.807, 2.05) is 10.5 Å². The number of hydrogen-bond donors (Lipinski definition) is 1. The van der Waals surface area contributed by atoms with Gasteiger partial charge in [0, 0.05) is 37.8 Å². The molecule has 0 saturated carbocycles. The first-order chi connectivity index (χ1) is 14.6. The molecule has 30 heavy (non-hydrogen) atoms. The van der Waals surface area contributed by atoms with Gasteiger partial charge in [-0.05, 0) is 49.7 Å². The van der Waals surface area contributed by atoms with Gasteiger partial charge in [-0.25, -0.2) is 9.37 Å². The number of hydrogen-bond acceptors (Lipinski definition) is 3. The quantitative estimate of drug-likeness (QED) is 0.612. The van der Waals surface area contributed by atoms with Gasteiger partial charge in [-0.2, -0.15) is 0 Å². The minimum atomic E-state index is -0.463. The molecule has 0 radical (unpaired) electrons. The Morgan fingerprint density at radius 3 is 2.77 bits per heavy atom. The van der Waals surface area contributed by atoms with Crippen molar-refractivity contribution in [3.63, 3.8) is 0 Å². The average Bonchev–Trinajstić information content (AvgIpc) is 3.16. The van der Waals surface area contributed by atoms with Gasteiger partial charge in [0.2, 0.25) is 5.91 Å². The molecule has 1 amide bonds. The molecular weight excluding hydrogens is 403 g/mol. The summed E-state index contributed by atoms with van der Waals surface area (Å²) in [5.74, 6) is -0.896. The number of piperidine rings is 1. The minimum absolute atomic E-state index is 0.0998. The Hall–Kier alpha value is -2.44. The summed E-state index contributed by atoms with van der Waals surface area (Å²) in [6.07, 6.45) is 7.32.